The number of aryl methyl sites for hydroxylation is 2. The average molecular weight is 440 g/mol. The summed E-state index contributed by atoms with van der Waals surface area (Å²) in [7, 11) is 0. The van der Waals surface area contributed by atoms with Crippen LogP contribution in [0.15, 0.2) is 64.3 Å². The van der Waals surface area contributed by atoms with Gasteiger partial charge in [-0.05, 0) is 55.8 Å². The lowest BCUT2D eigenvalue weighted by Crippen LogP contribution is -2.14. The average Bonchev–Trinajstić information content (AvgIpc) is 3.33. The van der Waals surface area contributed by atoms with Crippen molar-refractivity contribution in [1.82, 2.24) is 19.9 Å². The molecule has 1 N–H and O–H groups in total. The summed E-state index contributed by atoms with van der Waals surface area (Å²) in [6.45, 7) is 3.79. The molecule has 0 aliphatic heterocycles. The predicted molar refractivity (Wildman–Crippen MR) is 117 cm³/mol. The molecule has 0 fully saturated rings. The number of hydrogen-bond acceptors (Lipinski definition) is 6. The minimum atomic E-state index is -0.208. The van der Waals surface area contributed by atoms with E-state index >= 15 is 0 Å². The van der Waals surface area contributed by atoms with Crippen molar-refractivity contribution in [3.8, 4) is 17.1 Å². The molecule has 1 amide bonds. The van der Waals surface area contributed by atoms with E-state index in [0.29, 0.717) is 27.6 Å². The van der Waals surface area contributed by atoms with E-state index in [4.69, 9.17) is 16.1 Å². The molecule has 152 valence electrons. The number of benzene rings is 2. The summed E-state index contributed by atoms with van der Waals surface area (Å²) in [5.74, 6) is 1.63. The topological polar surface area (TPSA) is 85.8 Å². The minimum absolute atomic E-state index is 0.149. The first-order valence-electron chi connectivity index (χ1n) is 9.14. The standard InChI is InChI=1S/C21H18ClN5O2S/c1-13-4-3-5-17(10-13)27-20(15-6-8-16(22)9-7-15)24-25-21(27)30-12-19(28)23-18-11-14(2)29-26-18/h3-11H,12H2,1-2H3,(H,23,26,28). The van der Waals surface area contributed by atoms with Gasteiger partial charge in [-0.25, -0.2) is 0 Å². The Bertz CT molecular complexity index is 1190. The number of carbonyl (C=O) groups excluding carboxylic acids is 1. The highest BCUT2D eigenvalue weighted by atomic mass is 35.5. The first-order chi connectivity index (χ1) is 14.5. The second kappa shape index (κ2) is 8.73. The zero-order chi connectivity index (χ0) is 21.1. The Labute approximate surface area is 182 Å². The third kappa shape index (κ3) is 4.55. The second-order valence-electron chi connectivity index (χ2n) is 6.65. The van der Waals surface area contributed by atoms with Crippen molar-refractivity contribution < 1.29 is 9.32 Å². The van der Waals surface area contributed by atoms with Gasteiger partial charge >= 0.3 is 0 Å². The van der Waals surface area contributed by atoms with E-state index in [1.54, 1.807) is 13.0 Å². The number of nitrogens with zero attached hydrogens (tertiary/aromatic N) is 4. The third-order valence-electron chi connectivity index (χ3n) is 4.22. The van der Waals surface area contributed by atoms with Crippen LogP contribution in [0.25, 0.3) is 17.1 Å². The van der Waals surface area contributed by atoms with Crippen molar-refractivity contribution >= 4 is 35.1 Å². The lowest BCUT2D eigenvalue weighted by Gasteiger charge is -2.11. The van der Waals surface area contributed by atoms with Gasteiger partial charge in [0.25, 0.3) is 0 Å². The summed E-state index contributed by atoms with van der Waals surface area (Å²) in [5, 5.41) is 16.5. The Morgan fingerprint density at radius 2 is 1.93 bits per heavy atom. The van der Waals surface area contributed by atoms with Crippen LogP contribution in [0.3, 0.4) is 0 Å². The lowest BCUT2D eigenvalue weighted by atomic mass is 10.2. The van der Waals surface area contributed by atoms with E-state index in [9.17, 15) is 4.79 Å². The van der Waals surface area contributed by atoms with E-state index < -0.39 is 0 Å². The predicted octanol–water partition coefficient (Wildman–Crippen LogP) is 4.92. The molecule has 0 saturated heterocycles. The molecule has 2 heterocycles. The summed E-state index contributed by atoms with van der Waals surface area (Å²) in [6, 6.07) is 17.1. The van der Waals surface area contributed by atoms with E-state index in [-0.39, 0.29) is 11.7 Å². The highest BCUT2D eigenvalue weighted by molar-refractivity contribution is 7.99. The Kier molecular flexibility index (Phi) is 5.87. The SMILES string of the molecule is Cc1cccc(-n2c(SCC(=O)Nc3cc(C)on3)nnc2-c2ccc(Cl)cc2)c1. The largest absolute Gasteiger partial charge is 0.360 e. The molecule has 0 bridgehead atoms. The van der Waals surface area contributed by atoms with Crippen molar-refractivity contribution in [2.75, 3.05) is 11.1 Å². The van der Waals surface area contributed by atoms with E-state index in [0.717, 1.165) is 16.8 Å². The summed E-state index contributed by atoms with van der Waals surface area (Å²) >= 11 is 7.32. The zero-order valence-electron chi connectivity index (χ0n) is 16.3. The van der Waals surface area contributed by atoms with Crippen LogP contribution in [0.1, 0.15) is 11.3 Å². The first-order valence-corrected chi connectivity index (χ1v) is 10.5. The Hall–Kier alpha value is -3.10. The molecule has 4 rings (SSSR count). The van der Waals surface area contributed by atoms with Crippen LogP contribution in [-0.2, 0) is 4.79 Å². The van der Waals surface area contributed by atoms with Crippen LogP contribution in [0.2, 0.25) is 5.02 Å². The second-order valence-corrected chi connectivity index (χ2v) is 8.03. The van der Waals surface area contributed by atoms with E-state index in [1.165, 1.54) is 11.8 Å². The quantitative estimate of drug-likeness (QED) is 0.429. The molecule has 0 spiro atoms. The molecule has 9 heteroatoms. The van der Waals surface area contributed by atoms with Gasteiger partial charge < -0.3 is 9.84 Å². The monoisotopic (exact) mass is 439 g/mol. The van der Waals surface area contributed by atoms with Gasteiger partial charge in [0, 0.05) is 22.3 Å². The van der Waals surface area contributed by atoms with Crippen molar-refractivity contribution in [1.29, 1.82) is 0 Å². The van der Waals surface area contributed by atoms with Crippen molar-refractivity contribution in [3.05, 3.63) is 70.9 Å². The molecule has 4 aromatic rings. The molecule has 0 saturated carbocycles. The number of aromatic nitrogens is 4. The van der Waals surface area contributed by atoms with Crippen LogP contribution in [0.5, 0.6) is 0 Å². The number of nitrogens with one attached hydrogen (secondary N) is 1. The van der Waals surface area contributed by atoms with Crippen molar-refractivity contribution in [2.24, 2.45) is 0 Å². The number of anilines is 1. The third-order valence-corrected chi connectivity index (χ3v) is 5.40. The van der Waals surface area contributed by atoms with Crippen molar-refractivity contribution in [2.45, 2.75) is 19.0 Å². The summed E-state index contributed by atoms with van der Waals surface area (Å²) in [6.07, 6.45) is 0. The molecular weight excluding hydrogens is 422 g/mol. The van der Waals surface area contributed by atoms with Gasteiger partial charge in [0.2, 0.25) is 5.91 Å². The van der Waals surface area contributed by atoms with Gasteiger partial charge in [-0.3, -0.25) is 9.36 Å². The van der Waals surface area contributed by atoms with Gasteiger partial charge in [-0.1, -0.05) is 40.7 Å². The summed E-state index contributed by atoms with van der Waals surface area (Å²) in [5.41, 5.74) is 2.90. The van der Waals surface area contributed by atoms with Gasteiger partial charge in [0.15, 0.2) is 16.8 Å². The highest BCUT2D eigenvalue weighted by Crippen LogP contribution is 2.29. The maximum absolute atomic E-state index is 12.3. The van der Waals surface area contributed by atoms with Gasteiger partial charge in [0.05, 0.1) is 5.75 Å². The number of rotatable bonds is 6. The maximum Gasteiger partial charge on any atom is 0.236 e. The maximum atomic E-state index is 12.3. The van der Waals surface area contributed by atoms with Crippen molar-refractivity contribution in [3.63, 3.8) is 0 Å². The molecule has 0 atom stereocenters. The van der Waals surface area contributed by atoms with Crippen LogP contribution < -0.4 is 5.32 Å². The van der Waals surface area contributed by atoms with Crippen LogP contribution >= 0.6 is 23.4 Å². The zero-order valence-corrected chi connectivity index (χ0v) is 17.9. The molecule has 0 unspecified atom stereocenters. The lowest BCUT2D eigenvalue weighted by molar-refractivity contribution is -0.113. The fourth-order valence-corrected chi connectivity index (χ4v) is 3.76. The molecule has 30 heavy (non-hydrogen) atoms. The summed E-state index contributed by atoms with van der Waals surface area (Å²) < 4.78 is 6.91. The summed E-state index contributed by atoms with van der Waals surface area (Å²) in [4.78, 5) is 12.3. The highest BCUT2D eigenvalue weighted by Gasteiger charge is 2.18. The Balaban J connectivity index is 1.62. The smallest absolute Gasteiger partial charge is 0.236 e. The van der Waals surface area contributed by atoms with Gasteiger partial charge in [0.1, 0.15) is 5.76 Å². The van der Waals surface area contributed by atoms with Crippen LogP contribution in [0, 0.1) is 13.8 Å². The molecule has 2 aromatic carbocycles. The Morgan fingerprint density at radius 1 is 1.13 bits per heavy atom. The number of amides is 1. The Morgan fingerprint density at radius 3 is 2.63 bits per heavy atom. The van der Waals surface area contributed by atoms with E-state index in [1.807, 2.05) is 60.0 Å². The van der Waals surface area contributed by atoms with E-state index in [2.05, 4.69) is 20.7 Å². The molecule has 0 aliphatic rings. The fourth-order valence-electron chi connectivity index (χ4n) is 2.88. The fraction of sp³-hybridized carbons (Fsp3) is 0.143. The molecule has 0 radical (unpaired) electrons. The molecular formula is C21H18ClN5O2S. The molecule has 0 aliphatic carbocycles. The first kappa shape index (κ1) is 20.2. The van der Waals surface area contributed by atoms with Gasteiger partial charge in [-0.15, -0.1) is 10.2 Å². The normalized spacial score (nSPS) is 10.9. The van der Waals surface area contributed by atoms with Crippen LogP contribution in [0.4, 0.5) is 5.82 Å². The van der Waals surface area contributed by atoms with Gasteiger partial charge in [-0.2, -0.15) is 0 Å². The molecule has 2 aromatic heterocycles. The number of carbonyl (C=O) groups is 1. The van der Waals surface area contributed by atoms with Crippen LogP contribution in [-0.4, -0.2) is 31.6 Å². The number of hydrogen-bond donors (Lipinski definition) is 1. The molecule has 7 nitrogen and oxygen atoms in total. The number of halogens is 1. The number of thioether (sulfide) groups is 1. The minimum Gasteiger partial charge on any atom is -0.360 e.